The molecule has 0 aliphatic heterocycles. The second-order valence-electron chi connectivity index (χ2n) is 14.7. The third-order valence-corrected chi connectivity index (χ3v) is 10.8. The molecule has 10 rings (SSSR count). The molecule has 0 N–H and O–H groups in total. The molecule has 0 atom stereocenters. The van der Waals surface area contributed by atoms with E-state index in [4.69, 9.17) is 14.7 Å². The molecule has 5 aromatic carbocycles. The number of ether oxygens (including phenoxy) is 1. The van der Waals surface area contributed by atoms with Crippen LogP contribution in [0.2, 0.25) is 0 Å². The number of benzene rings is 5. The van der Waals surface area contributed by atoms with Crippen molar-refractivity contribution in [2.24, 2.45) is 0 Å². The van der Waals surface area contributed by atoms with Crippen molar-refractivity contribution in [3.8, 4) is 39.8 Å². The molecule has 0 unspecified atom stereocenters. The second-order valence-corrected chi connectivity index (χ2v) is 14.7. The van der Waals surface area contributed by atoms with Crippen LogP contribution in [0.25, 0.3) is 77.6 Å². The van der Waals surface area contributed by atoms with E-state index in [0.29, 0.717) is 11.5 Å². The summed E-state index contributed by atoms with van der Waals surface area (Å²) in [7, 11) is 0. The van der Waals surface area contributed by atoms with Crippen molar-refractivity contribution in [2.45, 2.75) is 41.5 Å². The van der Waals surface area contributed by atoms with Crippen molar-refractivity contribution in [3.05, 3.63) is 161 Å². The first-order chi connectivity index (χ1) is 26.7. The molecule has 0 amide bonds. The van der Waals surface area contributed by atoms with E-state index in [9.17, 15) is 0 Å². The average Bonchev–Trinajstić information content (AvgIpc) is 3.71. The zero-order valence-electron chi connectivity index (χ0n) is 31.9. The normalized spacial score (nSPS) is 11.6. The van der Waals surface area contributed by atoms with E-state index in [-0.39, 0.29) is 21.1 Å². The van der Waals surface area contributed by atoms with Gasteiger partial charge >= 0.3 is 21.1 Å². The summed E-state index contributed by atoms with van der Waals surface area (Å²) in [6.45, 7) is 13.1. The summed E-state index contributed by atoms with van der Waals surface area (Å²) < 4.78 is 11.0. The minimum atomic E-state index is 0. The second kappa shape index (κ2) is 13.6. The predicted molar refractivity (Wildman–Crippen MR) is 224 cm³/mol. The quantitative estimate of drug-likeness (QED) is 0.128. The Bertz CT molecular complexity index is 3150. The number of pyridine rings is 3. The molecular formula is C49H37N5OPt. The van der Waals surface area contributed by atoms with Gasteiger partial charge in [0.05, 0.1) is 17.0 Å². The van der Waals surface area contributed by atoms with Crippen LogP contribution in [0.5, 0.6) is 11.5 Å². The van der Waals surface area contributed by atoms with E-state index in [2.05, 4.69) is 134 Å². The number of imidazole rings is 1. The molecule has 0 radical (unpaired) electrons. The van der Waals surface area contributed by atoms with E-state index in [1.54, 1.807) is 0 Å². The molecule has 0 aliphatic rings. The van der Waals surface area contributed by atoms with Crippen molar-refractivity contribution in [2.75, 3.05) is 0 Å². The van der Waals surface area contributed by atoms with E-state index in [0.717, 1.165) is 77.6 Å². The van der Waals surface area contributed by atoms with Gasteiger partial charge in [0.15, 0.2) is 0 Å². The van der Waals surface area contributed by atoms with Crippen LogP contribution in [0.3, 0.4) is 0 Å². The van der Waals surface area contributed by atoms with Gasteiger partial charge in [-0.1, -0.05) is 88.1 Å². The number of fused-ring (bicyclic) bond motifs is 9. The van der Waals surface area contributed by atoms with Gasteiger partial charge in [-0.25, -0.2) is 9.97 Å². The van der Waals surface area contributed by atoms with E-state index in [1.807, 2.05) is 48.8 Å². The summed E-state index contributed by atoms with van der Waals surface area (Å²) in [6, 6.07) is 42.9. The van der Waals surface area contributed by atoms with Gasteiger partial charge in [-0.2, -0.15) is 6.07 Å². The van der Waals surface area contributed by atoms with Gasteiger partial charge in [-0.3, -0.25) is 4.98 Å². The molecule has 5 heterocycles. The van der Waals surface area contributed by atoms with Gasteiger partial charge < -0.3 is 13.7 Å². The number of hydrogen-bond acceptors (Lipinski definition) is 4. The van der Waals surface area contributed by atoms with Crippen molar-refractivity contribution in [1.29, 1.82) is 0 Å². The first-order valence-corrected chi connectivity index (χ1v) is 18.6. The van der Waals surface area contributed by atoms with Crippen LogP contribution in [0.1, 0.15) is 33.4 Å². The smallest absolute Gasteiger partial charge is 0.503 e. The minimum Gasteiger partial charge on any atom is -0.503 e. The Kier molecular flexibility index (Phi) is 8.63. The number of nitrogens with zero attached hydrogens (tertiary/aromatic N) is 5. The Balaban J connectivity index is 0.00000410. The molecule has 6 nitrogen and oxygen atoms in total. The summed E-state index contributed by atoms with van der Waals surface area (Å²) in [4.78, 5) is 15.3. The number of aryl methyl sites for hydroxylation is 6. The van der Waals surface area contributed by atoms with Crippen LogP contribution in [-0.2, 0) is 21.1 Å². The minimum absolute atomic E-state index is 0. The van der Waals surface area contributed by atoms with Gasteiger partial charge in [0.1, 0.15) is 11.5 Å². The number of para-hydroxylation sites is 1. The average molecular weight is 907 g/mol. The van der Waals surface area contributed by atoms with E-state index in [1.165, 1.54) is 33.4 Å². The molecule has 56 heavy (non-hydrogen) atoms. The summed E-state index contributed by atoms with van der Waals surface area (Å²) in [6.07, 6.45) is 3.68. The van der Waals surface area contributed by atoms with E-state index < -0.39 is 0 Å². The Morgan fingerprint density at radius 1 is 0.554 bits per heavy atom. The maximum atomic E-state index is 6.65. The fourth-order valence-electron chi connectivity index (χ4n) is 8.80. The third-order valence-electron chi connectivity index (χ3n) is 10.8. The molecule has 5 aromatic heterocycles. The Labute approximate surface area is 339 Å². The van der Waals surface area contributed by atoms with Gasteiger partial charge in [0, 0.05) is 40.5 Å². The molecular weight excluding hydrogens is 870 g/mol. The summed E-state index contributed by atoms with van der Waals surface area (Å²) in [5.74, 6) is 1.99. The van der Waals surface area contributed by atoms with Crippen LogP contribution < -0.4 is 4.74 Å². The molecule has 0 spiro atoms. The van der Waals surface area contributed by atoms with Crippen molar-refractivity contribution >= 4 is 49.3 Å². The summed E-state index contributed by atoms with van der Waals surface area (Å²) in [5, 5.41) is 5.10. The van der Waals surface area contributed by atoms with Gasteiger partial charge in [0.25, 0.3) is 0 Å². The SMILES string of the molecule is Cc1cc(C)c(-c2nc3c4[c-]c(Oc5[c-]c6c(cc5)c5ccccc5n6-c5ccccn5)ccc4c4cccnc4n3c2-c2c(C)cc(C)cc2C)c(C)c1.[Pt+2]. The topological polar surface area (TPSA) is 57.2 Å². The largest absolute Gasteiger partial charge is 2.00 e. The zero-order chi connectivity index (χ0) is 37.5. The molecule has 0 bridgehead atoms. The maximum absolute atomic E-state index is 6.65. The third kappa shape index (κ3) is 5.54. The standard InChI is InChI=1S/C49H37N5O.Pt/c1-28-22-30(3)44(31(4)23-28)46-47(45-32(5)24-29(2)25-33(45)6)54-48-39(13-11-21-51-48)36-18-16-34(26-40(36)49(54)52-46)55-35-17-19-38-37-12-7-8-14-41(37)53(42(38)27-35)43-15-9-10-20-50-43;/h7-25H,1-6H3;/q-2;+2. The molecule has 0 saturated heterocycles. The first-order valence-electron chi connectivity index (χ1n) is 18.6. The molecule has 0 saturated carbocycles. The van der Waals surface area contributed by atoms with Crippen LogP contribution in [0.4, 0.5) is 0 Å². The van der Waals surface area contributed by atoms with Crippen LogP contribution in [-0.4, -0.2) is 23.9 Å². The first kappa shape index (κ1) is 35.6. The molecule has 0 aliphatic carbocycles. The van der Waals surface area contributed by atoms with Gasteiger partial charge in [-0.15, -0.1) is 29.7 Å². The number of aromatic nitrogens is 5. The fourth-order valence-corrected chi connectivity index (χ4v) is 8.80. The summed E-state index contributed by atoms with van der Waals surface area (Å²) >= 11 is 0. The van der Waals surface area contributed by atoms with Crippen molar-refractivity contribution in [1.82, 2.24) is 23.9 Å². The zero-order valence-corrected chi connectivity index (χ0v) is 34.2. The molecule has 7 heteroatoms. The molecule has 274 valence electrons. The van der Waals surface area contributed by atoms with Crippen molar-refractivity contribution in [3.63, 3.8) is 0 Å². The Hall–Kier alpha value is -6.10. The van der Waals surface area contributed by atoms with Crippen LogP contribution in [0.15, 0.2) is 116 Å². The monoisotopic (exact) mass is 906 g/mol. The molecule has 10 aromatic rings. The van der Waals surface area contributed by atoms with Gasteiger partial charge in [-0.05, 0) is 98.8 Å². The summed E-state index contributed by atoms with van der Waals surface area (Å²) in [5.41, 5.74) is 15.1. The van der Waals surface area contributed by atoms with Crippen molar-refractivity contribution < 1.29 is 25.8 Å². The molecule has 0 fully saturated rings. The Morgan fingerprint density at radius 2 is 1.18 bits per heavy atom. The number of rotatable bonds is 5. The van der Waals surface area contributed by atoms with E-state index >= 15 is 0 Å². The van der Waals surface area contributed by atoms with Crippen LogP contribution in [0, 0.1) is 53.7 Å². The predicted octanol–water partition coefficient (Wildman–Crippen LogP) is 12.1. The Morgan fingerprint density at radius 3 is 1.89 bits per heavy atom. The van der Waals surface area contributed by atoms with Crippen LogP contribution >= 0.6 is 0 Å². The number of hydrogen-bond donors (Lipinski definition) is 0. The maximum Gasteiger partial charge on any atom is 2.00 e. The fraction of sp³-hybridized carbons (Fsp3) is 0.122. The van der Waals surface area contributed by atoms with Gasteiger partial charge in [0.2, 0.25) is 0 Å².